The summed E-state index contributed by atoms with van der Waals surface area (Å²) in [5.74, 6) is -0.125. The van der Waals surface area contributed by atoms with Gasteiger partial charge in [0.15, 0.2) is 11.4 Å². The predicted octanol–water partition coefficient (Wildman–Crippen LogP) is 4.70. The summed E-state index contributed by atoms with van der Waals surface area (Å²) < 4.78 is 13.3. The highest BCUT2D eigenvalue weighted by molar-refractivity contribution is 6.99. The van der Waals surface area contributed by atoms with Crippen molar-refractivity contribution in [2.45, 2.75) is 70.7 Å². The number of rotatable bonds is 9. The zero-order valence-corrected chi connectivity index (χ0v) is 22.2. The molecule has 3 rings (SSSR count). The Morgan fingerprint density at radius 1 is 1.15 bits per heavy atom. The largest absolute Gasteiger partial charge is 0.438 e. The van der Waals surface area contributed by atoms with Crippen LogP contribution in [0, 0.1) is 0 Å². The van der Waals surface area contributed by atoms with Crippen molar-refractivity contribution in [1.29, 1.82) is 0 Å². The number of ether oxygens (including phenoxy) is 1. The maximum atomic E-state index is 12.9. The second-order valence-electron chi connectivity index (χ2n) is 10.2. The molecule has 0 aromatic heterocycles. The molecule has 2 aromatic carbocycles. The Morgan fingerprint density at radius 2 is 1.65 bits per heavy atom. The Kier molecular flexibility index (Phi) is 7.53. The first-order chi connectivity index (χ1) is 16.0. The van der Waals surface area contributed by atoms with Gasteiger partial charge in [-0.2, -0.15) is 0 Å². The summed E-state index contributed by atoms with van der Waals surface area (Å²) in [7, 11) is -2.92. The lowest BCUT2D eigenvalue weighted by Gasteiger charge is -2.48. The van der Waals surface area contributed by atoms with Crippen molar-refractivity contribution < 1.29 is 18.8 Å². The Balaban J connectivity index is 2.21. The molecule has 182 valence electrons. The molecule has 0 bridgehead atoms. The highest BCUT2D eigenvalue weighted by Crippen LogP contribution is 2.42. The number of carbonyl (C=O) groups excluding carboxylic acids is 2. The van der Waals surface area contributed by atoms with Crippen molar-refractivity contribution in [3.05, 3.63) is 73.3 Å². The maximum Gasteiger partial charge on any atom is 0.411 e. The van der Waals surface area contributed by atoms with Gasteiger partial charge in [0.25, 0.3) is 8.32 Å². The average Bonchev–Trinajstić information content (AvgIpc) is 3.05. The third-order valence-corrected chi connectivity index (χ3v) is 11.9. The Morgan fingerprint density at radius 3 is 2.03 bits per heavy atom. The van der Waals surface area contributed by atoms with Gasteiger partial charge in [-0.05, 0) is 35.7 Å². The molecule has 1 aliphatic rings. The van der Waals surface area contributed by atoms with Gasteiger partial charge in [0.05, 0.1) is 6.10 Å². The number of cyclic esters (lactones) is 1. The van der Waals surface area contributed by atoms with Crippen LogP contribution in [0.4, 0.5) is 4.79 Å². The van der Waals surface area contributed by atoms with E-state index in [4.69, 9.17) is 9.16 Å². The van der Waals surface area contributed by atoms with Crippen LogP contribution in [0.5, 0.6) is 0 Å². The van der Waals surface area contributed by atoms with E-state index < -0.39 is 32.2 Å². The number of Topliss-reactive ketones (excluding diaryl/α,β-unsaturated/α-hetero) is 1. The summed E-state index contributed by atoms with van der Waals surface area (Å²) in [4.78, 5) is 27.2. The summed E-state index contributed by atoms with van der Waals surface area (Å²) in [5.41, 5.74) is -1.13. The molecule has 0 N–H and O–H groups in total. The fraction of sp³-hybridized carbons (Fsp3) is 0.429. The average molecular weight is 480 g/mol. The highest BCUT2D eigenvalue weighted by atomic mass is 28.4. The Hall–Kier alpha value is -2.70. The number of ketones is 1. The standard InChI is InChI=1S/C28H37NO4Si/c1-8-20-29-25(21(3)30)28(7,32-26(29)31)24(9-2)33-34(27(4,5)6,22-16-12-10-13-17-22)23-18-14-11-15-19-23/h8,10-19,24-25H,1,9,20H2,2-7H3/t24-,25-,28-/m1/s1. The molecule has 1 amide bonds. The summed E-state index contributed by atoms with van der Waals surface area (Å²) in [5, 5.41) is 2.04. The minimum atomic E-state index is -2.92. The normalized spacial score (nSPS) is 21.8. The van der Waals surface area contributed by atoms with Crippen molar-refractivity contribution >= 4 is 30.6 Å². The lowest BCUT2D eigenvalue weighted by molar-refractivity contribution is -0.128. The van der Waals surface area contributed by atoms with Crippen molar-refractivity contribution in [3.63, 3.8) is 0 Å². The first-order valence-electron chi connectivity index (χ1n) is 11.9. The van der Waals surface area contributed by atoms with Crippen molar-refractivity contribution in [3.8, 4) is 0 Å². The molecule has 0 saturated carbocycles. The van der Waals surface area contributed by atoms with Gasteiger partial charge < -0.3 is 9.16 Å². The number of carbonyl (C=O) groups is 2. The monoisotopic (exact) mass is 479 g/mol. The predicted molar refractivity (Wildman–Crippen MR) is 139 cm³/mol. The van der Waals surface area contributed by atoms with Crippen molar-refractivity contribution in [2.75, 3.05) is 6.54 Å². The van der Waals surface area contributed by atoms with Crippen LogP contribution in [0.25, 0.3) is 0 Å². The van der Waals surface area contributed by atoms with Crippen LogP contribution in [0.3, 0.4) is 0 Å². The van der Waals surface area contributed by atoms with E-state index in [-0.39, 0.29) is 17.4 Å². The third kappa shape index (κ3) is 4.37. The molecule has 34 heavy (non-hydrogen) atoms. The maximum absolute atomic E-state index is 12.9. The molecule has 0 unspecified atom stereocenters. The van der Waals surface area contributed by atoms with Gasteiger partial charge in [-0.1, -0.05) is 94.4 Å². The molecule has 1 saturated heterocycles. The zero-order chi connectivity index (χ0) is 25.1. The lowest BCUT2D eigenvalue weighted by Crippen LogP contribution is -2.70. The third-order valence-electron chi connectivity index (χ3n) is 6.85. The van der Waals surface area contributed by atoms with Crippen LogP contribution in [0.1, 0.15) is 48.0 Å². The number of benzene rings is 2. The fourth-order valence-electron chi connectivity index (χ4n) is 5.41. The molecule has 0 spiro atoms. The second-order valence-corrected chi connectivity index (χ2v) is 14.4. The summed E-state index contributed by atoms with van der Waals surface area (Å²) in [6.07, 6.45) is 1.20. The first kappa shape index (κ1) is 25.9. The Labute approximate surface area is 204 Å². The van der Waals surface area contributed by atoms with E-state index >= 15 is 0 Å². The molecule has 1 aliphatic heterocycles. The van der Waals surface area contributed by atoms with Gasteiger partial charge in [0, 0.05) is 6.54 Å². The van der Waals surface area contributed by atoms with Crippen LogP contribution in [-0.4, -0.2) is 49.4 Å². The van der Waals surface area contributed by atoms with E-state index in [9.17, 15) is 9.59 Å². The number of amides is 1. The van der Waals surface area contributed by atoms with Crippen molar-refractivity contribution in [2.24, 2.45) is 0 Å². The van der Waals surface area contributed by atoms with E-state index in [1.165, 1.54) is 11.8 Å². The van der Waals surface area contributed by atoms with Crippen LogP contribution >= 0.6 is 0 Å². The van der Waals surface area contributed by atoms with Crippen molar-refractivity contribution in [1.82, 2.24) is 4.90 Å². The van der Waals surface area contributed by atoms with Gasteiger partial charge in [-0.3, -0.25) is 9.69 Å². The number of nitrogens with zero attached hydrogens (tertiary/aromatic N) is 1. The smallest absolute Gasteiger partial charge is 0.411 e. The van der Waals surface area contributed by atoms with Crippen LogP contribution in [0.15, 0.2) is 73.3 Å². The molecule has 2 aromatic rings. The van der Waals surface area contributed by atoms with Gasteiger partial charge in [-0.25, -0.2) is 4.79 Å². The first-order valence-corrected chi connectivity index (χ1v) is 13.8. The van der Waals surface area contributed by atoms with Gasteiger partial charge in [-0.15, -0.1) is 6.58 Å². The second kappa shape index (κ2) is 9.88. The highest BCUT2D eigenvalue weighted by Gasteiger charge is 2.60. The molecule has 1 heterocycles. The molecular formula is C28H37NO4Si. The molecule has 1 fully saturated rings. The summed E-state index contributed by atoms with van der Waals surface area (Å²) in [6, 6.07) is 19.9. The van der Waals surface area contributed by atoms with E-state index in [1.807, 2.05) is 50.2 Å². The molecule has 3 atom stereocenters. The summed E-state index contributed by atoms with van der Waals surface area (Å²) >= 11 is 0. The quantitative estimate of drug-likeness (QED) is 0.387. The van der Waals surface area contributed by atoms with Crippen LogP contribution in [0.2, 0.25) is 5.04 Å². The molecule has 0 aliphatic carbocycles. The SMILES string of the molecule is C=CCN1C(=O)O[C@](C)([C@@H](CC)O[Si](c2ccccc2)(c2ccccc2)C(C)(C)C)[C@H]1C(C)=O. The topological polar surface area (TPSA) is 55.8 Å². The molecule has 0 radical (unpaired) electrons. The van der Waals surface area contributed by atoms with Gasteiger partial charge >= 0.3 is 6.09 Å². The number of hydrogen-bond donors (Lipinski definition) is 0. The van der Waals surface area contributed by atoms with E-state index in [1.54, 1.807) is 6.08 Å². The molecule has 5 nitrogen and oxygen atoms in total. The van der Waals surface area contributed by atoms with Gasteiger partial charge in [0.1, 0.15) is 6.04 Å². The summed E-state index contributed by atoms with van der Waals surface area (Å²) in [6.45, 7) is 16.0. The van der Waals surface area contributed by atoms with Gasteiger partial charge in [0.2, 0.25) is 0 Å². The molecular weight excluding hydrogens is 442 g/mol. The van der Waals surface area contributed by atoms with Crippen LogP contribution in [-0.2, 0) is 14.0 Å². The number of hydrogen-bond acceptors (Lipinski definition) is 4. The minimum Gasteiger partial charge on any atom is -0.438 e. The Bertz CT molecular complexity index is 978. The van der Waals surface area contributed by atoms with Crippen LogP contribution < -0.4 is 10.4 Å². The van der Waals surface area contributed by atoms with E-state index in [0.717, 1.165) is 10.4 Å². The van der Waals surface area contributed by atoms with E-state index in [0.29, 0.717) is 6.42 Å². The van der Waals surface area contributed by atoms with E-state index in [2.05, 4.69) is 51.6 Å². The zero-order valence-electron chi connectivity index (χ0n) is 21.2. The molecule has 6 heteroatoms. The lowest BCUT2D eigenvalue weighted by atomic mass is 9.86. The minimum absolute atomic E-state index is 0.125. The fourth-order valence-corrected chi connectivity index (χ4v) is 10.3.